The molecular formula is C24H20O4. The Balaban J connectivity index is 1.67. The van der Waals surface area contributed by atoms with E-state index < -0.39 is 0 Å². The molecule has 0 unspecified atom stereocenters. The molecule has 0 aliphatic carbocycles. The van der Waals surface area contributed by atoms with E-state index >= 15 is 0 Å². The van der Waals surface area contributed by atoms with Gasteiger partial charge in [-0.1, -0.05) is 36.4 Å². The third-order valence-corrected chi connectivity index (χ3v) is 4.94. The van der Waals surface area contributed by atoms with Gasteiger partial charge in [0.2, 0.25) is 0 Å². The van der Waals surface area contributed by atoms with Crippen LogP contribution in [0.15, 0.2) is 72.8 Å². The van der Waals surface area contributed by atoms with Gasteiger partial charge in [-0.15, -0.1) is 0 Å². The molecule has 0 heterocycles. The van der Waals surface area contributed by atoms with Crippen molar-refractivity contribution >= 4 is 10.8 Å². The molecule has 0 saturated heterocycles. The van der Waals surface area contributed by atoms with Crippen molar-refractivity contribution in [2.24, 2.45) is 0 Å². The number of phenolic OH excluding ortho intramolecular Hbond substituents is 4. The van der Waals surface area contributed by atoms with Crippen LogP contribution < -0.4 is 0 Å². The molecule has 0 aromatic heterocycles. The van der Waals surface area contributed by atoms with Gasteiger partial charge in [0.05, 0.1) is 0 Å². The van der Waals surface area contributed by atoms with Gasteiger partial charge in [-0.05, 0) is 64.0 Å². The summed E-state index contributed by atoms with van der Waals surface area (Å²) in [6, 6.07) is 21.0. The fourth-order valence-corrected chi connectivity index (χ4v) is 3.39. The van der Waals surface area contributed by atoms with Crippen LogP contribution in [-0.2, 0) is 12.8 Å². The summed E-state index contributed by atoms with van der Waals surface area (Å²) in [6.45, 7) is 0. The molecule has 4 aromatic carbocycles. The van der Waals surface area contributed by atoms with E-state index in [1.807, 2.05) is 42.5 Å². The van der Waals surface area contributed by atoms with E-state index in [0.717, 1.165) is 27.6 Å². The molecular weight excluding hydrogens is 352 g/mol. The van der Waals surface area contributed by atoms with E-state index in [2.05, 4.69) is 0 Å². The summed E-state index contributed by atoms with van der Waals surface area (Å²) in [5.41, 5.74) is 3.45. The Morgan fingerprint density at radius 2 is 1.07 bits per heavy atom. The molecule has 0 bridgehead atoms. The molecule has 0 fully saturated rings. The van der Waals surface area contributed by atoms with Crippen molar-refractivity contribution in [3.63, 3.8) is 0 Å². The van der Waals surface area contributed by atoms with E-state index in [9.17, 15) is 20.4 Å². The minimum absolute atomic E-state index is 0.123. The summed E-state index contributed by atoms with van der Waals surface area (Å²) in [5, 5.41) is 41.4. The van der Waals surface area contributed by atoms with E-state index in [-0.39, 0.29) is 23.0 Å². The predicted octanol–water partition coefficient (Wildman–Crippen LogP) is 4.84. The van der Waals surface area contributed by atoms with Crippen LogP contribution in [0.4, 0.5) is 0 Å². The third kappa shape index (κ3) is 3.58. The number of hydrogen-bond donors (Lipinski definition) is 4. The summed E-state index contributed by atoms with van der Waals surface area (Å²) in [5.74, 6) is 0.685. The Morgan fingerprint density at radius 3 is 1.64 bits per heavy atom. The standard InChI is InChI=1S/C24H20O4/c25-20-7-1-15(2-8-20)11-18-6-5-17-13-19(23(27)14-22(17)24(18)28)12-16-3-9-21(26)10-4-16/h1-10,13-14,25-28H,11-12H2. The fraction of sp³-hybridized carbons (Fsp3) is 0.0833. The van der Waals surface area contributed by atoms with Crippen LogP contribution in [0.25, 0.3) is 10.8 Å². The number of hydrogen-bond acceptors (Lipinski definition) is 4. The zero-order valence-electron chi connectivity index (χ0n) is 15.1. The number of aromatic hydroxyl groups is 4. The maximum absolute atomic E-state index is 10.7. The second-order valence-electron chi connectivity index (χ2n) is 6.96. The minimum atomic E-state index is 0.123. The Morgan fingerprint density at radius 1 is 0.536 bits per heavy atom. The molecule has 4 rings (SSSR count). The highest BCUT2D eigenvalue weighted by molar-refractivity contribution is 5.91. The van der Waals surface area contributed by atoms with Gasteiger partial charge in [-0.3, -0.25) is 0 Å². The highest BCUT2D eigenvalue weighted by Crippen LogP contribution is 2.35. The molecule has 28 heavy (non-hydrogen) atoms. The SMILES string of the molecule is Oc1ccc(Cc2cc3ccc(Cc4ccc(O)cc4)c(O)c3cc2O)cc1. The molecule has 4 nitrogen and oxygen atoms in total. The summed E-state index contributed by atoms with van der Waals surface area (Å²) < 4.78 is 0. The third-order valence-electron chi connectivity index (χ3n) is 4.94. The summed E-state index contributed by atoms with van der Waals surface area (Å²) in [6.07, 6.45) is 1.05. The average molecular weight is 372 g/mol. The first-order valence-corrected chi connectivity index (χ1v) is 9.02. The predicted molar refractivity (Wildman–Crippen MR) is 109 cm³/mol. The minimum Gasteiger partial charge on any atom is -0.508 e. The van der Waals surface area contributed by atoms with Crippen molar-refractivity contribution in [1.29, 1.82) is 0 Å². The average Bonchev–Trinajstić information content (AvgIpc) is 2.69. The summed E-state index contributed by atoms with van der Waals surface area (Å²) >= 11 is 0. The molecule has 0 atom stereocenters. The van der Waals surface area contributed by atoms with E-state index in [4.69, 9.17) is 0 Å². The molecule has 0 aliphatic heterocycles. The second kappa shape index (κ2) is 7.16. The maximum atomic E-state index is 10.7. The molecule has 0 amide bonds. The Hall–Kier alpha value is -3.66. The first-order chi connectivity index (χ1) is 13.5. The smallest absolute Gasteiger partial charge is 0.127 e. The van der Waals surface area contributed by atoms with Gasteiger partial charge in [-0.25, -0.2) is 0 Å². The first-order valence-electron chi connectivity index (χ1n) is 9.02. The first kappa shape index (κ1) is 17.7. The molecule has 0 aliphatic rings. The lowest BCUT2D eigenvalue weighted by molar-refractivity contribution is 0.465. The van der Waals surface area contributed by atoms with Crippen molar-refractivity contribution in [3.8, 4) is 23.0 Å². The van der Waals surface area contributed by atoms with Crippen molar-refractivity contribution in [2.45, 2.75) is 12.8 Å². The van der Waals surface area contributed by atoms with Gasteiger partial charge in [0.1, 0.15) is 23.0 Å². The summed E-state index contributed by atoms with van der Waals surface area (Å²) in [7, 11) is 0. The van der Waals surface area contributed by atoms with Crippen LogP contribution in [0, 0.1) is 0 Å². The molecule has 0 radical (unpaired) electrons. The molecule has 4 N–H and O–H groups in total. The number of benzene rings is 4. The lowest BCUT2D eigenvalue weighted by Gasteiger charge is -2.12. The van der Waals surface area contributed by atoms with Gasteiger partial charge >= 0.3 is 0 Å². The van der Waals surface area contributed by atoms with Crippen molar-refractivity contribution < 1.29 is 20.4 Å². The van der Waals surface area contributed by atoms with Gasteiger partial charge < -0.3 is 20.4 Å². The van der Waals surface area contributed by atoms with Crippen LogP contribution in [0.3, 0.4) is 0 Å². The Kier molecular flexibility index (Phi) is 4.53. The van der Waals surface area contributed by atoms with Gasteiger partial charge in [0.15, 0.2) is 0 Å². The van der Waals surface area contributed by atoms with Crippen LogP contribution in [0.2, 0.25) is 0 Å². The Labute approximate surface area is 162 Å². The molecule has 140 valence electrons. The number of rotatable bonds is 4. The quantitative estimate of drug-likeness (QED) is 0.413. The second-order valence-corrected chi connectivity index (χ2v) is 6.96. The topological polar surface area (TPSA) is 80.9 Å². The monoisotopic (exact) mass is 372 g/mol. The van der Waals surface area contributed by atoms with Crippen LogP contribution in [0.5, 0.6) is 23.0 Å². The lowest BCUT2D eigenvalue weighted by Crippen LogP contribution is -1.92. The normalized spacial score (nSPS) is 11.0. The molecule has 4 heteroatoms. The lowest BCUT2D eigenvalue weighted by atomic mass is 9.96. The van der Waals surface area contributed by atoms with Crippen molar-refractivity contribution in [2.75, 3.05) is 0 Å². The summed E-state index contributed by atoms with van der Waals surface area (Å²) in [4.78, 5) is 0. The van der Waals surface area contributed by atoms with E-state index in [1.54, 1.807) is 30.3 Å². The van der Waals surface area contributed by atoms with E-state index in [0.29, 0.717) is 18.2 Å². The van der Waals surface area contributed by atoms with Crippen molar-refractivity contribution in [1.82, 2.24) is 0 Å². The maximum Gasteiger partial charge on any atom is 0.127 e. The Bertz CT molecular complexity index is 1080. The van der Waals surface area contributed by atoms with Gasteiger partial charge in [0.25, 0.3) is 0 Å². The zero-order chi connectivity index (χ0) is 19.7. The van der Waals surface area contributed by atoms with Crippen LogP contribution >= 0.6 is 0 Å². The van der Waals surface area contributed by atoms with Gasteiger partial charge in [0, 0.05) is 18.2 Å². The highest BCUT2D eigenvalue weighted by atomic mass is 16.3. The number of fused-ring (bicyclic) bond motifs is 1. The van der Waals surface area contributed by atoms with Crippen LogP contribution in [0.1, 0.15) is 22.3 Å². The largest absolute Gasteiger partial charge is 0.508 e. The van der Waals surface area contributed by atoms with Crippen LogP contribution in [-0.4, -0.2) is 20.4 Å². The highest BCUT2D eigenvalue weighted by Gasteiger charge is 2.12. The van der Waals surface area contributed by atoms with Gasteiger partial charge in [-0.2, -0.15) is 0 Å². The fourth-order valence-electron chi connectivity index (χ4n) is 3.39. The van der Waals surface area contributed by atoms with E-state index in [1.165, 1.54) is 0 Å². The zero-order valence-corrected chi connectivity index (χ0v) is 15.1. The number of phenols is 4. The molecule has 4 aromatic rings. The molecule has 0 spiro atoms. The van der Waals surface area contributed by atoms with Crippen molar-refractivity contribution in [3.05, 3.63) is 95.1 Å². The molecule has 0 saturated carbocycles.